The van der Waals surface area contributed by atoms with E-state index in [9.17, 15) is 4.79 Å². The minimum absolute atomic E-state index is 0. The number of halogens is 3. The summed E-state index contributed by atoms with van der Waals surface area (Å²) < 4.78 is 5.40. The van der Waals surface area contributed by atoms with E-state index in [0.29, 0.717) is 27.6 Å². The van der Waals surface area contributed by atoms with Crippen LogP contribution in [-0.4, -0.2) is 116 Å². The van der Waals surface area contributed by atoms with E-state index < -0.39 is 11.7 Å². The summed E-state index contributed by atoms with van der Waals surface area (Å²) in [4.78, 5) is 41.2. The zero-order valence-corrected chi connectivity index (χ0v) is 35.5. The Balaban J connectivity index is 0.000000223. The zero-order valence-electron chi connectivity index (χ0n) is 33.2. The van der Waals surface area contributed by atoms with Crippen molar-refractivity contribution in [2.75, 3.05) is 50.9 Å². The number of likely N-dealkylation sites (N-methyl/N-ethyl adjacent to an activating group) is 2. The predicted molar refractivity (Wildman–Crippen MR) is 243 cm³/mol. The number of fused-ring (bicyclic) bond motifs is 2. The van der Waals surface area contributed by atoms with E-state index >= 15 is 0 Å². The van der Waals surface area contributed by atoms with Crippen LogP contribution in [0.25, 0.3) is 44.3 Å². The van der Waals surface area contributed by atoms with Gasteiger partial charge in [-0.3, -0.25) is 0 Å². The Labute approximate surface area is 361 Å². The molecular weight excluding hydrogens is 811 g/mol. The fraction of sp³-hybridized carbons (Fsp3) is 0.405. The molecule has 4 atom stereocenters. The lowest BCUT2D eigenvalue weighted by Crippen LogP contribution is -2.53. The Morgan fingerprint density at radius 3 is 1.71 bits per heavy atom. The van der Waals surface area contributed by atoms with Crippen molar-refractivity contribution in [1.29, 1.82) is 0 Å². The van der Waals surface area contributed by atoms with Crippen molar-refractivity contribution in [2.45, 2.75) is 70.8 Å². The van der Waals surface area contributed by atoms with Gasteiger partial charge in [-0.2, -0.15) is 0 Å². The van der Waals surface area contributed by atoms with E-state index in [4.69, 9.17) is 38.7 Å². The van der Waals surface area contributed by atoms with Gasteiger partial charge >= 0.3 is 6.09 Å². The van der Waals surface area contributed by atoms with Crippen LogP contribution in [0.1, 0.15) is 41.0 Å². The van der Waals surface area contributed by atoms with Crippen molar-refractivity contribution in [1.82, 2.24) is 45.0 Å². The molecular formula is C42H55Cl3N12O2. The Morgan fingerprint density at radius 2 is 1.22 bits per heavy atom. The fourth-order valence-electron chi connectivity index (χ4n) is 7.62. The summed E-state index contributed by atoms with van der Waals surface area (Å²) in [7, 11) is 4.10. The van der Waals surface area contributed by atoms with E-state index in [1.54, 1.807) is 12.4 Å². The summed E-state index contributed by atoms with van der Waals surface area (Å²) >= 11 is 12.8. The first-order valence-corrected chi connectivity index (χ1v) is 19.9. The number of aromatic amines is 2. The number of nitrogens with one attached hydrogen (secondary N) is 5. The third kappa shape index (κ3) is 11.5. The molecule has 0 saturated carbocycles. The normalized spacial score (nSPS) is 19.8. The average Bonchev–Trinajstić information content (AvgIpc) is 3.77. The molecule has 6 aromatic rings. The number of para-hydroxylation sites is 2. The van der Waals surface area contributed by atoms with Gasteiger partial charge in [-0.05, 0) is 59.8 Å². The van der Waals surface area contributed by atoms with Gasteiger partial charge in [0.15, 0.2) is 0 Å². The molecule has 8 rings (SSSR count). The number of hydrogen-bond acceptors (Lipinski definition) is 11. The highest BCUT2D eigenvalue weighted by Gasteiger charge is 2.29. The molecule has 2 fully saturated rings. The molecule has 0 spiro atoms. The third-order valence-corrected chi connectivity index (χ3v) is 10.4. The molecule has 1 amide bonds. The second kappa shape index (κ2) is 19.6. The van der Waals surface area contributed by atoms with Crippen LogP contribution in [0.3, 0.4) is 0 Å². The lowest BCUT2D eigenvalue weighted by molar-refractivity contribution is 0.0476. The van der Waals surface area contributed by atoms with Gasteiger partial charge < -0.3 is 46.2 Å². The summed E-state index contributed by atoms with van der Waals surface area (Å²) in [6.07, 6.45) is 8.36. The first-order chi connectivity index (χ1) is 27.3. The number of nitrogens with two attached hydrogens (primary N) is 1. The Hall–Kier alpha value is -4.70. The maximum Gasteiger partial charge on any atom is 0.407 e. The smallest absolute Gasteiger partial charge is 0.407 e. The zero-order chi connectivity index (χ0) is 40.3. The minimum atomic E-state index is -0.530. The summed E-state index contributed by atoms with van der Waals surface area (Å²) in [5.74, 6) is 1.09. The molecule has 316 valence electrons. The van der Waals surface area contributed by atoms with Gasteiger partial charge in [0.1, 0.15) is 5.60 Å². The van der Waals surface area contributed by atoms with Crippen LogP contribution in [0.2, 0.25) is 10.0 Å². The molecule has 0 aliphatic carbocycles. The SMILES string of the molecule is C.CN1C[C@@H](N)C[C@@H](Nc2ncc(Cl)c(-c3c[nH]c4ccccc34)n2)C1.CN1C[C@@H](NC(=O)OC(C)(C)C)C[C@@H](Nc2ncc(Cl)c(-c3c[nH]c4ccccc34)n2)C1.Cl. The van der Waals surface area contributed by atoms with Crippen molar-refractivity contribution in [3.63, 3.8) is 0 Å². The molecule has 2 aromatic carbocycles. The highest BCUT2D eigenvalue weighted by Crippen LogP contribution is 2.34. The van der Waals surface area contributed by atoms with Gasteiger partial charge in [-0.1, -0.05) is 67.0 Å². The highest BCUT2D eigenvalue weighted by atomic mass is 35.5. The number of alkyl carbamates (subject to hydrolysis) is 1. The van der Waals surface area contributed by atoms with Crippen LogP contribution in [0.15, 0.2) is 73.3 Å². The number of likely N-dealkylation sites (tertiary alicyclic amines) is 2. The molecule has 4 aromatic heterocycles. The second-order valence-electron chi connectivity index (χ2n) is 16.0. The number of benzene rings is 2. The van der Waals surface area contributed by atoms with Crippen LogP contribution in [0, 0.1) is 0 Å². The van der Waals surface area contributed by atoms with Crippen LogP contribution < -0.4 is 21.7 Å². The Kier molecular flexibility index (Phi) is 15.1. The van der Waals surface area contributed by atoms with Crippen LogP contribution in [0.4, 0.5) is 16.7 Å². The van der Waals surface area contributed by atoms with E-state index in [1.807, 2.05) is 82.7 Å². The van der Waals surface area contributed by atoms with Crippen molar-refractivity contribution >= 4 is 75.4 Å². The van der Waals surface area contributed by atoms with Crippen molar-refractivity contribution in [3.05, 3.63) is 83.4 Å². The summed E-state index contributed by atoms with van der Waals surface area (Å²) in [5, 5.41) is 13.0. The Morgan fingerprint density at radius 1 is 0.763 bits per heavy atom. The summed E-state index contributed by atoms with van der Waals surface area (Å²) in [6.45, 7) is 8.95. The number of carbonyl (C=O) groups is 1. The molecule has 14 nitrogen and oxygen atoms in total. The van der Waals surface area contributed by atoms with Gasteiger partial charge in [0.05, 0.1) is 33.8 Å². The number of nitrogens with zero attached hydrogens (tertiary/aromatic N) is 6. The molecule has 2 saturated heterocycles. The number of aromatic nitrogens is 6. The number of carbonyl (C=O) groups excluding carboxylic acids is 1. The monoisotopic (exact) mass is 864 g/mol. The van der Waals surface area contributed by atoms with Gasteiger partial charge in [-0.25, -0.2) is 24.7 Å². The highest BCUT2D eigenvalue weighted by molar-refractivity contribution is 6.33. The van der Waals surface area contributed by atoms with Crippen molar-refractivity contribution < 1.29 is 9.53 Å². The van der Waals surface area contributed by atoms with Crippen LogP contribution in [0.5, 0.6) is 0 Å². The van der Waals surface area contributed by atoms with Gasteiger partial charge in [0.2, 0.25) is 11.9 Å². The van der Waals surface area contributed by atoms with Crippen LogP contribution >= 0.6 is 35.6 Å². The average molecular weight is 866 g/mol. The molecule has 6 heterocycles. The number of anilines is 2. The largest absolute Gasteiger partial charge is 0.444 e. The number of piperidine rings is 2. The molecule has 59 heavy (non-hydrogen) atoms. The molecule has 0 radical (unpaired) electrons. The lowest BCUT2D eigenvalue weighted by Gasteiger charge is -2.36. The maximum absolute atomic E-state index is 12.2. The maximum atomic E-state index is 12.2. The van der Waals surface area contributed by atoms with Gasteiger partial charge in [0, 0.05) is 95.7 Å². The minimum Gasteiger partial charge on any atom is -0.444 e. The van der Waals surface area contributed by atoms with E-state index in [-0.39, 0.29) is 44.0 Å². The lowest BCUT2D eigenvalue weighted by atomic mass is 10.0. The number of H-pyrrole nitrogens is 2. The summed E-state index contributed by atoms with van der Waals surface area (Å²) in [6, 6.07) is 16.5. The van der Waals surface area contributed by atoms with Gasteiger partial charge in [-0.15, -0.1) is 12.4 Å². The molecule has 0 bridgehead atoms. The number of rotatable bonds is 7. The molecule has 7 N–H and O–H groups in total. The first-order valence-electron chi connectivity index (χ1n) is 19.1. The van der Waals surface area contributed by atoms with Crippen LogP contribution in [-0.2, 0) is 4.74 Å². The van der Waals surface area contributed by atoms with Gasteiger partial charge in [0.25, 0.3) is 0 Å². The van der Waals surface area contributed by atoms with E-state index in [1.165, 1.54) is 0 Å². The fourth-order valence-corrected chi connectivity index (χ4v) is 8.01. The third-order valence-electron chi connectivity index (χ3n) is 9.86. The quantitative estimate of drug-likeness (QED) is 0.0915. The van der Waals surface area contributed by atoms with Crippen molar-refractivity contribution in [3.8, 4) is 22.5 Å². The standard InChI is InChI=1S/C23H29ClN6O2.C18H21ClN6.CH4.ClH/c1-23(2,3)32-22(31)28-15-9-14(12-30(4)13-15)27-21-26-11-18(24)20(29-21)17-10-25-19-8-6-5-7-16(17)19;1-25-9-11(20)6-12(10-25)23-18-22-8-15(19)17(24-18)14-7-21-16-5-3-2-4-13(14)16;;/h5-8,10-11,14-15,25H,9,12-13H2,1-4H3,(H,28,31)(H,26,27,29);2-5,7-8,11-12,21H,6,9-10,20H2,1H3,(H,22,23,24);1H4;1H/t14-,15+;11-,12+;;/m10../s1. The second-order valence-corrected chi connectivity index (χ2v) is 16.8. The first kappa shape index (κ1) is 45.4. The number of hydrogen-bond donors (Lipinski definition) is 6. The summed E-state index contributed by atoms with van der Waals surface area (Å²) in [5.41, 5.74) is 11.0. The molecule has 2 aliphatic rings. The van der Waals surface area contributed by atoms with E-state index in [0.717, 1.165) is 77.6 Å². The molecule has 17 heteroatoms. The topological polar surface area (TPSA) is 178 Å². The van der Waals surface area contributed by atoms with Crippen molar-refractivity contribution in [2.24, 2.45) is 5.73 Å². The Bertz CT molecular complexity index is 2320. The molecule has 2 aliphatic heterocycles. The van der Waals surface area contributed by atoms with E-state index in [2.05, 4.69) is 63.8 Å². The predicted octanol–water partition coefficient (Wildman–Crippen LogP) is 8.07. The number of ether oxygens (including phenoxy) is 1. The molecule has 0 unspecified atom stereocenters. The number of amides is 1.